The quantitative estimate of drug-likeness (QED) is 0.860. The fourth-order valence-corrected chi connectivity index (χ4v) is 3.23. The van der Waals surface area contributed by atoms with Gasteiger partial charge in [0.2, 0.25) is 11.0 Å². The highest BCUT2D eigenvalue weighted by Crippen LogP contribution is 2.24. The molecule has 1 aromatic carbocycles. The topological polar surface area (TPSA) is 54.9 Å². The molecule has 0 spiro atoms. The maximum absolute atomic E-state index is 11.9. The summed E-state index contributed by atoms with van der Waals surface area (Å²) in [5, 5.41) is 12.2. The Hall–Kier alpha value is -1.40. The van der Waals surface area contributed by atoms with Crippen molar-refractivity contribution in [2.75, 3.05) is 11.1 Å². The van der Waals surface area contributed by atoms with Crippen LogP contribution in [0.1, 0.15) is 23.1 Å². The van der Waals surface area contributed by atoms with Gasteiger partial charge in [0.1, 0.15) is 5.01 Å². The van der Waals surface area contributed by atoms with E-state index in [-0.39, 0.29) is 5.91 Å². The van der Waals surface area contributed by atoms with Gasteiger partial charge in [0.05, 0.1) is 5.75 Å². The van der Waals surface area contributed by atoms with Crippen molar-refractivity contribution in [3.8, 4) is 0 Å². The average Bonchev–Trinajstić information content (AvgIpc) is 2.87. The first-order chi connectivity index (χ1) is 9.58. The van der Waals surface area contributed by atoms with Crippen LogP contribution in [0.4, 0.5) is 5.13 Å². The molecule has 2 aromatic rings. The van der Waals surface area contributed by atoms with Gasteiger partial charge in [-0.1, -0.05) is 36.0 Å². The summed E-state index contributed by atoms with van der Waals surface area (Å²) < 4.78 is 0. The smallest absolute Gasteiger partial charge is 0.236 e. The first kappa shape index (κ1) is 15.0. The van der Waals surface area contributed by atoms with E-state index in [0.29, 0.717) is 10.9 Å². The molecule has 0 aliphatic carbocycles. The van der Waals surface area contributed by atoms with Gasteiger partial charge >= 0.3 is 0 Å². The predicted molar refractivity (Wildman–Crippen MR) is 84.6 cm³/mol. The standard InChI is InChI=1S/C14H17N3OS2/c1-4-13-16-17-14(20-13)15-12(18)8-19-11-7-9(2)5-6-10(11)3/h5-7H,4,8H2,1-3H3,(H,15,17,18). The van der Waals surface area contributed by atoms with E-state index in [1.165, 1.54) is 22.5 Å². The highest BCUT2D eigenvalue weighted by Gasteiger charge is 2.09. The van der Waals surface area contributed by atoms with Crippen LogP contribution in [0.15, 0.2) is 23.1 Å². The second kappa shape index (κ2) is 6.85. The minimum absolute atomic E-state index is 0.0466. The van der Waals surface area contributed by atoms with Crippen LogP contribution in [-0.2, 0) is 11.2 Å². The number of hydrogen-bond donors (Lipinski definition) is 1. The molecule has 0 saturated heterocycles. The summed E-state index contributed by atoms with van der Waals surface area (Å²) in [4.78, 5) is 13.0. The molecular weight excluding hydrogens is 290 g/mol. The highest BCUT2D eigenvalue weighted by atomic mass is 32.2. The molecule has 6 heteroatoms. The molecule has 1 amide bonds. The van der Waals surface area contributed by atoms with E-state index in [0.717, 1.165) is 16.3 Å². The maximum Gasteiger partial charge on any atom is 0.236 e. The summed E-state index contributed by atoms with van der Waals surface area (Å²) in [6, 6.07) is 6.26. The summed E-state index contributed by atoms with van der Waals surface area (Å²) in [7, 11) is 0. The molecule has 0 saturated carbocycles. The predicted octanol–water partition coefficient (Wildman–Crippen LogP) is 3.45. The molecule has 106 valence electrons. The van der Waals surface area contributed by atoms with Crippen molar-refractivity contribution >= 4 is 34.1 Å². The van der Waals surface area contributed by atoms with Crippen LogP contribution in [0.5, 0.6) is 0 Å². The molecule has 0 unspecified atom stereocenters. The fraction of sp³-hybridized carbons (Fsp3) is 0.357. The van der Waals surface area contributed by atoms with E-state index in [4.69, 9.17) is 0 Å². The highest BCUT2D eigenvalue weighted by molar-refractivity contribution is 8.00. The first-order valence-corrected chi connectivity index (χ1v) is 8.21. The Bertz CT molecular complexity index is 610. The van der Waals surface area contributed by atoms with Gasteiger partial charge in [-0.3, -0.25) is 10.1 Å². The number of aromatic nitrogens is 2. The van der Waals surface area contributed by atoms with Gasteiger partial charge < -0.3 is 0 Å². The molecule has 20 heavy (non-hydrogen) atoms. The summed E-state index contributed by atoms with van der Waals surface area (Å²) in [5.41, 5.74) is 2.40. The van der Waals surface area contributed by atoms with Crippen LogP contribution in [0.2, 0.25) is 0 Å². The lowest BCUT2D eigenvalue weighted by Gasteiger charge is -2.06. The number of anilines is 1. The Kier molecular flexibility index (Phi) is 5.14. The zero-order valence-electron chi connectivity index (χ0n) is 11.8. The van der Waals surface area contributed by atoms with Gasteiger partial charge in [-0.15, -0.1) is 22.0 Å². The molecule has 4 nitrogen and oxygen atoms in total. The van der Waals surface area contributed by atoms with Crippen molar-refractivity contribution in [3.05, 3.63) is 34.3 Å². The van der Waals surface area contributed by atoms with E-state index in [2.05, 4.69) is 47.6 Å². The second-order valence-electron chi connectivity index (χ2n) is 4.46. The monoisotopic (exact) mass is 307 g/mol. The second-order valence-corrected chi connectivity index (χ2v) is 6.54. The minimum Gasteiger partial charge on any atom is -0.300 e. The van der Waals surface area contributed by atoms with Crippen LogP contribution in [0.3, 0.4) is 0 Å². The van der Waals surface area contributed by atoms with Crippen LogP contribution < -0.4 is 5.32 Å². The van der Waals surface area contributed by atoms with Gasteiger partial charge in [-0.2, -0.15) is 0 Å². The molecule has 1 heterocycles. The molecule has 0 atom stereocenters. The lowest BCUT2D eigenvalue weighted by atomic mass is 10.2. The maximum atomic E-state index is 11.9. The normalized spacial score (nSPS) is 10.6. The molecule has 1 N–H and O–H groups in total. The van der Waals surface area contributed by atoms with Gasteiger partial charge in [0.15, 0.2) is 0 Å². The van der Waals surface area contributed by atoms with Crippen molar-refractivity contribution in [1.29, 1.82) is 0 Å². The number of carbonyl (C=O) groups is 1. The van der Waals surface area contributed by atoms with E-state index in [9.17, 15) is 4.79 Å². The molecule has 2 rings (SSSR count). The summed E-state index contributed by atoms with van der Waals surface area (Å²) in [6.07, 6.45) is 0.838. The van der Waals surface area contributed by atoms with Crippen LogP contribution in [0, 0.1) is 13.8 Å². The molecule has 0 aliphatic rings. The van der Waals surface area contributed by atoms with Gasteiger partial charge in [0.25, 0.3) is 0 Å². The first-order valence-electron chi connectivity index (χ1n) is 6.40. The van der Waals surface area contributed by atoms with Crippen molar-refractivity contribution in [2.45, 2.75) is 32.1 Å². The number of aryl methyl sites for hydroxylation is 3. The van der Waals surface area contributed by atoms with Gasteiger partial charge in [0, 0.05) is 4.90 Å². The van der Waals surface area contributed by atoms with E-state index in [1.54, 1.807) is 11.8 Å². The Labute approximate surface area is 127 Å². The number of amides is 1. The van der Waals surface area contributed by atoms with Crippen molar-refractivity contribution < 1.29 is 4.79 Å². The molecule has 0 radical (unpaired) electrons. The Balaban J connectivity index is 1.90. The number of thioether (sulfide) groups is 1. The number of nitrogens with one attached hydrogen (secondary N) is 1. The third kappa shape index (κ3) is 4.05. The summed E-state index contributed by atoms with van der Waals surface area (Å²) in [6.45, 7) is 6.12. The summed E-state index contributed by atoms with van der Waals surface area (Å²) >= 11 is 2.97. The lowest BCUT2D eigenvalue weighted by Crippen LogP contribution is -2.13. The van der Waals surface area contributed by atoms with Crippen LogP contribution >= 0.6 is 23.1 Å². The molecule has 0 fully saturated rings. The van der Waals surface area contributed by atoms with E-state index < -0.39 is 0 Å². The molecular formula is C14H17N3OS2. The van der Waals surface area contributed by atoms with E-state index >= 15 is 0 Å². The van der Waals surface area contributed by atoms with Crippen LogP contribution in [0.25, 0.3) is 0 Å². The number of benzene rings is 1. The van der Waals surface area contributed by atoms with Crippen molar-refractivity contribution in [2.24, 2.45) is 0 Å². The third-order valence-corrected chi connectivity index (χ3v) is 4.86. The largest absolute Gasteiger partial charge is 0.300 e. The number of carbonyl (C=O) groups excluding carboxylic acids is 1. The lowest BCUT2D eigenvalue weighted by molar-refractivity contribution is -0.113. The fourth-order valence-electron chi connectivity index (χ4n) is 1.61. The minimum atomic E-state index is -0.0466. The van der Waals surface area contributed by atoms with E-state index in [1.807, 2.05) is 6.92 Å². The Morgan fingerprint density at radius 2 is 2.15 bits per heavy atom. The van der Waals surface area contributed by atoms with Crippen molar-refractivity contribution in [1.82, 2.24) is 10.2 Å². The Morgan fingerprint density at radius 3 is 2.85 bits per heavy atom. The van der Waals surface area contributed by atoms with Gasteiger partial charge in [-0.05, 0) is 31.9 Å². The molecule has 0 aliphatic heterocycles. The van der Waals surface area contributed by atoms with Crippen LogP contribution in [-0.4, -0.2) is 21.9 Å². The van der Waals surface area contributed by atoms with Gasteiger partial charge in [-0.25, -0.2) is 0 Å². The number of nitrogens with zero attached hydrogens (tertiary/aromatic N) is 2. The molecule has 0 bridgehead atoms. The zero-order valence-corrected chi connectivity index (χ0v) is 13.4. The molecule has 1 aromatic heterocycles. The Morgan fingerprint density at radius 1 is 1.35 bits per heavy atom. The van der Waals surface area contributed by atoms with Crippen molar-refractivity contribution in [3.63, 3.8) is 0 Å². The number of hydrogen-bond acceptors (Lipinski definition) is 5. The third-order valence-electron chi connectivity index (χ3n) is 2.72. The SMILES string of the molecule is CCc1nnc(NC(=O)CSc2cc(C)ccc2C)s1. The zero-order chi connectivity index (χ0) is 14.5. The summed E-state index contributed by atoms with van der Waals surface area (Å²) in [5.74, 6) is 0.334. The number of rotatable bonds is 5. The average molecular weight is 307 g/mol.